The summed E-state index contributed by atoms with van der Waals surface area (Å²) in [4.78, 5) is 28.0. The van der Waals surface area contributed by atoms with Crippen LogP contribution in [0.1, 0.15) is 23.8 Å². The van der Waals surface area contributed by atoms with Crippen LogP contribution in [0.3, 0.4) is 0 Å². The molecule has 0 radical (unpaired) electrons. The Morgan fingerprint density at radius 1 is 1.43 bits per heavy atom. The van der Waals surface area contributed by atoms with Gasteiger partial charge in [0.15, 0.2) is 23.1 Å². The van der Waals surface area contributed by atoms with Crippen molar-refractivity contribution in [2.24, 2.45) is 0 Å². The summed E-state index contributed by atoms with van der Waals surface area (Å²) in [6, 6.07) is 1.24. The van der Waals surface area contributed by atoms with Gasteiger partial charge < -0.3 is 10.6 Å². The van der Waals surface area contributed by atoms with E-state index in [2.05, 4.69) is 26.1 Å². The number of imidazole rings is 1. The highest BCUT2D eigenvalue weighted by Crippen LogP contribution is 2.26. The topological polar surface area (TPSA) is 104 Å². The molecule has 1 amide bonds. The summed E-state index contributed by atoms with van der Waals surface area (Å²) in [6.45, 7) is 1.79. The number of fused-ring (bicyclic) bond motifs is 1. The van der Waals surface area contributed by atoms with Crippen LogP contribution < -0.4 is 16.1 Å². The molecule has 10 heteroatoms. The number of allylic oxidation sites excluding steroid dienone is 3. The summed E-state index contributed by atoms with van der Waals surface area (Å²) < 4.78 is 14.5. The van der Waals surface area contributed by atoms with E-state index in [9.17, 15) is 14.0 Å². The van der Waals surface area contributed by atoms with E-state index in [1.165, 1.54) is 15.7 Å². The number of hydrogen-bond acceptors (Lipinski definition) is 7. The lowest BCUT2D eigenvalue weighted by Gasteiger charge is -2.25. The number of nitrogens with one attached hydrogen (secondary N) is 3. The Morgan fingerprint density at radius 3 is 2.89 bits per heavy atom. The van der Waals surface area contributed by atoms with Gasteiger partial charge in [0.1, 0.15) is 11.9 Å². The summed E-state index contributed by atoms with van der Waals surface area (Å²) in [7, 11) is 1.72. The minimum Gasteiger partial charge on any atom is -0.385 e. The molecule has 1 saturated carbocycles. The number of nitrogens with zero attached hydrogens (tertiary/aromatic N) is 4. The number of alkyl halides is 1. The first-order valence-corrected chi connectivity index (χ1v) is 8.69. The lowest BCUT2D eigenvalue weighted by molar-refractivity contribution is 0.0940. The van der Waals surface area contributed by atoms with E-state index in [-0.39, 0.29) is 5.69 Å². The minimum absolute atomic E-state index is 0.186. The van der Waals surface area contributed by atoms with Crippen molar-refractivity contribution in [1.29, 1.82) is 0 Å². The van der Waals surface area contributed by atoms with Crippen molar-refractivity contribution in [2.45, 2.75) is 25.6 Å². The Hall–Kier alpha value is -3.65. The van der Waals surface area contributed by atoms with Gasteiger partial charge in [-0.25, -0.2) is 18.7 Å². The van der Waals surface area contributed by atoms with Gasteiger partial charge in [-0.1, -0.05) is 6.08 Å². The first kappa shape index (κ1) is 17.7. The molecule has 0 unspecified atom stereocenters. The second-order valence-electron chi connectivity index (χ2n) is 6.53. The molecule has 3 heterocycles. The van der Waals surface area contributed by atoms with Crippen LogP contribution in [0, 0.1) is 0 Å². The lowest BCUT2D eigenvalue weighted by atomic mass is 10.2. The van der Waals surface area contributed by atoms with Gasteiger partial charge >= 0.3 is 0 Å². The number of rotatable bonds is 5. The molecule has 4 rings (SSSR count). The van der Waals surface area contributed by atoms with Crippen LogP contribution >= 0.6 is 0 Å². The van der Waals surface area contributed by atoms with E-state index in [1.54, 1.807) is 38.4 Å². The Kier molecular flexibility index (Phi) is 4.32. The number of anilines is 2. The number of carbonyl (C=O) groups is 1. The highest BCUT2D eigenvalue weighted by atomic mass is 19.1. The van der Waals surface area contributed by atoms with E-state index in [4.69, 9.17) is 0 Å². The minimum atomic E-state index is -1.00. The maximum absolute atomic E-state index is 13.1. The molecule has 1 aliphatic carbocycles. The van der Waals surface area contributed by atoms with Crippen molar-refractivity contribution in [3.05, 3.63) is 47.6 Å². The fraction of sp³-hybridized carbons (Fsp3) is 0.278. The van der Waals surface area contributed by atoms with Crippen molar-refractivity contribution in [1.82, 2.24) is 24.9 Å². The largest absolute Gasteiger partial charge is 0.385 e. The molecule has 0 spiro atoms. The van der Waals surface area contributed by atoms with Crippen LogP contribution in [-0.2, 0) is 4.79 Å². The molecule has 0 saturated heterocycles. The van der Waals surface area contributed by atoms with Crippen LogP contribution in [-0.4, -0.2) is 50.7 Å². The molecule has 1 fully saturated rings. The Bertz CT molecular complexity index is 1070. The van der Waals surface area contributed by atoms with Crippen molar-refractivity contribution >= 4 is 29.0 Å². The third-order valence-electron chi connectivity index (χ3n) is 4.53. The number of carbonyl (C=O) groups excluding carboxylic acids is 2. The zero-order valence-electron chi connectivity index (χ0n) is 15.2. The predicted octanol–water partition coefficient (Wildman–Crippen LogP) is 1.43. The predicted molar refractivity (Wildman–Crippen MR) is 101 cm³/mol. The highest BCUT2D eigenvalue weighted by molar-refractivity contribution is 5.94. The van der Waals surface area contributed by atoms with Crippen molar-refractivity contribution in [2.75, 3.05) is 17.8 Å². The van der Waals surface area contributed by atoms with Crippen molar-refractivity contribution < 1.29 is 14.0 Å². The van der Waals surface area contributed by atoms with Crippen LogP contribution in [0.15, 0.2) is 41.9 Å². The zero-order valence-corrected chi connectivity index (χ0v) is 15.2. The third-order valence-corrected chi connectivity index (χ3v) is 4.53. The summed E-state index contributed by atoms with van der Waals surface area (Å²) in [5.41, 5.74) is 5.33. The van der Waals surface area contributed by atoms with Gasteiger partial charge in [0.05, 0.1) is 17.9 Å². The molecule has 144 valence electrons. The van der Waals surface area contributed by atoms with E-state index in [0.717, 1.165) is 5.57 Å². The van der Waals surface area contributed by atoms with Gasteiger partial charge in [0.25, 0.3) is 5.91 Å². The fourth-order valence-electron chi connectivity index (χ4n) is 2.88. The summed E-state index contributed by atoms with van der Waals surface area (Å²) in [6.07, 6.45) is 5.94. The molecule has 28 heavy (non-hydrogen) atoms. The second kappa shape index (κ2) is 6.82. The number of hydrogen-bond donors (Lipinski definition) is 3. The monoisotopic (exact) mass is 383 g/mol. The van der Waals surface area contributed by atoms with Gasteiger partial charge in [-0.2, -0.15) is 0 Å². The molecule has 2 atom stereocenters. The van der Waals surface area contributed by atoms with Crippen LogP contribution in [0.25, 0.3) is 5.65 Å². The molecule has 2 aliphatic rings. The molecule has 0 aromatic carbocycles. The Morgan fingerprint density at radius 2 is 2.21 bits per heavy atom. The number of amides is 1. The summed E-state index contributed by atoms with van der Waals surface area (Å²) in [5, 5.41) is 11.5. The zero-order chi connectivity index (χ0) is 19.8. The molecule has 2 aromatic rings. The van der Waals surface area contributed by atoms with Gasteiger partial charge in [-0.15, -0.1) is 5.10 Å². The molecular weight excluding hydrogens is 365 g/mol. The normalized spacial score (nSPS) is 20.6. The maximum atomic E-state index is 13.1. The van der Waals surface area contributed by atoms with E-state index in [0.29, 0.717) is 29.3 Å². The average molecular weight is 383 g/mol. The molecule has 3 N–H and O–H groups in total. The fourth-order valence-corrected chi connectivity index (χ4v) is 2.88. The lowest BCUT2D eigenvalue weighted by Crippen LogP contribution is -2.29. The quantitative estimate of drug-likeness (QED) is 0.671. The highest BCUT2D eigenvalue weighted by Gasteiger charge is 2.39. The molecule has 2 aromatic heterocycles. The number of halogens is 1. The van der Waals surface area contributed by atoms with Crippen LogP contribution in [0.2, 0.25) is 0 Å². The molecule has 1 aliphatic heterocycles. The van der Waals surface area contributed by atoms with E-state index in [1.807, 2.05) is 5.94 Å². The SMILES string of the molecule is CNc1cc(NN2C=CC=C(C)C2=C=O)nn2c(C(=O)N[C@@H]3C[C@@H]3F)cnc12. The third kappa shape index (κ3) is 3.10. The van der Waals surface area contributed by atoms with Gasteiger partial charge in [-0.3, -0.25) is 15.2 Å². The van der Waals surface area contributed by atoms with Crippen molar-refractivity contribution in [3.8, 4) is 0 Å². The van der Waals surface area contributed by atoms with Crippen LogP contribution in [0.4, 0.5) is 15.9 Å². The molecule has 9 nitrogen and oxygen atoms in total. The molecular formula is C18H18FN7O2. The maximum Gasteiger partial charge on any atom is 0.271 e. The average Bonchev–Trinajstić information content (AvgIpc) is 3.19. The van der Waals surface area contributed by atoms with Gasteiger partial charge in [-0.05, 0) is 18.6 Å². The van der Waals surface area contributed by atoms with Crippen LogP contribution in [0.5, 0.6) is 0 Å². The first-order chi connectivity index (χ1) is 13.5. The number of aromatic nitrogens is 3. The standard InChI is InChI=1S/C18H18FN7O2/c1-10-4-3-5-25(15(10)9-27)23-16-7-13(20-2)17-21-8-14(26(17)24-16)18(28)22-12-6-11(12)19/h3-5,7-8,11-12,20H,6H2,1-2H3,(H,22,28)(H,23,24)/t11-,12+/m0/s1. The van der Waals surface area contributed by atoms with E-state index < -0.39 is 18.1 Å². The second-order valence-corrected chi connectivity index (χ2v) is 6.53. The van der Waals surface area contributed by atoms with Crippen molar-refractivity contribution in [3.63, 3.8) is 0 Å². The smallest absolute Gasteiger partial charge is 0.271 e. The molecule has 0 bridgehead atoms. The summed E-state index contributed by atoms with van der Waals surface area (Å²) >= 11 is 0. The Balaban J connectivity index is 1.68. The first-order valence-electron chi connectivity index (χ1n) is 8.69. The number of hydrazine groups is 1. The Labute approximate surface area is 159 Å². The van der Waals surface area contributed by atoms with Gasteiger partial charge in [0.2, 0.25) is 0 Å². The van der Waals surface area contributed by atoms with Gasteiger partial charge in [0, 0.05) is 25.7 Å². The summed E-state index contributed by atoms with van der Waals surface area (Å²) in [5.74, 6) is 1.81. The van der Waals surface area contributed by atoms with E-state index >= 15 is 0 Å².